The number of hydrogen-bond donors (Lipinski definition) is 3. The van der Waals surface area contributed by atoms with Crippen molar-refractivity contribution < 1.29 is 19.5 Å². The lowest BCUT2D eigenvalue weighted by Crippen LogP contribution is -2.56. The molecule has 0 aromatic heterocycles. The van der Waals surface area contributed by atoms with Crippen molar-refractivity contribution in [3.05, 3.63) is 72.8 Å². The molecule has 0 radical (unpaired) electrons. The maximum atomic E-state index is 14.5. The number of carbonyl (C=O) groups excluding carboxylic acids is 3. The van der Waals surface area contributed by atoms with E-state index in [1.807, 2.05) is 86.6 Å². The number of benzene rings is 3. The number of nitrogens with one attached hydrogen (secondary N) is 2. The second kappa shape index (κ2) is 10.5. The summed E-state index contributed by atoms with van der Waals surface area (Å²) in [5.74, 6) is -1.92. The molecule has 41 heavy (non-hydrogen) atoms. The highest BCUT2D eigenvalue weighted by Crippen LogP contribution is 2.71. The first-order valence-electron chi connectivity index (χ1n) is 14.5. The third-order valence-electron chi connectivity index (χ3n) is 9.65. The lowest BCUT2D eigenvalue weighted by atomic mass is 9.66. The Bertz CT molecular complexity index is 1500. The number of carbonyl (C=O) groups is 3. The fraction of sp³-hybridized carbons (Fsp3) is 0.424. The normalized spacial score (nSPS) is 29.8. The van der Waals surface area contributed by atoms with Crippen molar-refractivity contribution in [2.24, 2.45) is 17.8 Å². The lowest BCUT2D eigenvalue weighted by Gasteiger charge is -2.39. The van der Waals surface area contributed by atoms with Crippen molar-refractivity contribution in [1.29, 1.82) is 0 Å². The van der Waals surface area contributed by atoms with E-state index in [1.165, 1.54) is 0 Å². The van der Waals surface area contributed by atoms with E-state index < -0.39 is 33.4 Å². The van der Waals surface area contributed by atoms with E-state index in [-0.39, 0.29) is 30.2 Å². The zero-order chi connectivity index (χ0) is 28.9. The van der Waals surface area contributed by atoms with Crippen LogP contribution in [-0.4, -0.2) is 55.9 Å². The van der Waals surface area contributed by atoms with E-state index in [2.05, 4.69) is 17.6 Å². The Morgan fingerprint density at radius 2 is 1.66 bits per heavy atom. The molecule has 3 saturated heterocycles. The van der Waals surface area contributed by atoms with Gasteiger partial charge in [0.25, 0.3) is 0 Å². The van der Waals surface area contributed by atoms with Crippen molar-refractivity contribution >= 4 is 51.6 Å². The van der Waals surface area contributed by atoms with Crippen LogP contribution in [0.15, 0.2) is 72.8 Å². The van der Waals surface area contributed by atoms with Crippen LogP contribution in [0.25, 0.3) is 10.8 Å². The number of likely N-dealkylation sites (tertiary alicyclic amines) is 1. The van der Waals surface area contributed by atoms with E-state index >= 15 is 0 Å². The van der Waals surface area contributed by atoms with Crippen molar-refractivity contribution in [1.82, 2.24) is 4.90 Å². The SMILES string of the molecule is CC[C@H](C)[C@H](CO)N1C(=O)[C@@H]2[C@@H](C(=O)Nc3ccccc3)[C@@]3(C)CCC2(S3)C1C(=O)Nc1ccc2ccccc2c1. The molecule has 6 rings (SSSR count). The Morgan fingerprint density at radius 1 is 0.976 bits per heavy atom. The first-order valence-corrected chi connectivity index (χ1v) is 15.3. The molecule has 3 aromatic carbocycles. The number of nitrogens with zero attached hydrogens (tertiary/aromatic N) is 1. The van der Waals surface area contributed by atoms with Gasteiger partial charge in [-0.05, 0) is 60.7 Å². The zero-order valence-corrected chi connectivity index (χ0v) is 24.5. The van der Waals surface area contributed by atoms with E-state index in [0.29, 0.717) is 17.8 Å². The quantitative estimate of drug-likeness (QED) is 0.341. The van der Waals surface area contributed by atoms with Crippen LogP contribution >= 0.6 is 11.8 Å². The van der Waals surface area contributed by atoms with E-state index in [9.17, 15) is 19.5 Å². The summed E-state index contributed by atoms with van der Waals surface area (Å²) < 4.78 is -1.23. The van der Waals surface area contributed by atoms with Crippen molar-refractivity contribution in [3.63, 3.8) is 0 Å². The molecule has 3 amide bonds. The molecule has 7 nitrogen and oxygen atoms in total. The summed E-state index contributed by atoms with van der Waals surface area (Å²) in [5.41, 5.74) is 1.34. The summed E-state index contributed by atoms with van der Waals surface area (Å²) in [7, 11) is 0. The van der Waals surface area contributed by atoms with Crippen molar-refractivity contribution in [2.75, 3.05) is 17.2 Å². The number of thioether (sulfide) groups is 1. The van der Waals surface area contributed by atoms with Gasteiger partial charge < -0.3 is 20.6 Å². The minimum Gasteiger partial charge on any atom is -0.394 e. The van der Waals surface area contributed by atoms with Gasteiger partial charge in [0.2, 0.25) is 17.7 Å². The van der Waals surface area contributed by atoms with Gasteiger partial charge in [0.05, 0.1) is 29.2 Å². The number of aliphatic hydroxyl groups is 1. The number of aliphatic hydroxyl groups excluding tert-OH is 1. The highest BCUT2D eigenvalue weighted by atomic mass is 32.2. The van der Waals surface area contributed by atoms with Gasteiger partial charge >= 0.3 is 0 Å². The molecule has 3 aliphatic rings. The van der Waals surface area contributed by atoms with Crippen LogP contribution in [0.2, 0.25) is 0 Å². The van der Waals surface area contributed by atoms with Crippen LogP contribution in [0.3, 0.4) is 0 Å². The highest BCUT2D eigenvalue weighted by Gasteiger charge is 2.77. The summed E-state index contributed by atoms with van der Waals surface area (Å²) in [4.78, 5) is 44.3. The van der Waals surface area contributed by atoms with Gasteiger partial charge in [-0.15, -0.1) is 11.8 Å². The van der Waals surface area contributed by atoms with Crippen LogP contribution in [0.4, 0.5) is 11.4 Å². The number of fused-ring (bicyclic) bond motifs is 2. The highest BCUT2D eigenvalue weighted by molar-refractivity contribution is 8.02. The molecule has 3 N–H and O–H groups in total. The number of anilines is 2. The van der Waals surface area contributed by atoms with Gasteiger partial charge in [-0.3, -0.25) is 14.4 Å². The molecule has 3 aliphatic heterocycles. The monoisotopic (exact) mass is 571 g/mol. The molecule has 214 valence electrons. The zero-order valence-electron chi connectivity index (χ0n) is 23.7. The van der Waals surface area contributed by atoms with E-state index in [1.54, 1.807) is 16.7 Å². The Morgan fingerprint density at radius 3 is 2.37 bits per heavy atom. The first-order chi connectivity index (χ1) is 19.7. The van der Waals surface area contributed by atoms with Gasteiger partial charge in [-0.2, -0.15) is 0 Å². The Kier molecular flexibility index (Phi) is 7.10. The largest absolute Gasteiger partial charge is 0.394 e. The molecule has 3 aromatic rings. The molecule has 3 heterocycles. The Balaban J connectivity index is 1.39. The summed E-state index contributed by atoms with van der Waals surface area (Å²) in [6, 6.07) is 21.7. The van der Waals surface area contributed by atoms with Crippen LogP contribution in [-0.2, 0) is 14.4 Å². The Hall–Kier alpha value is -3.36. The van der Waals surface area contributed by atoms with Crippen molar-refractivity contribution in [3.8, 4) is 0 Å². The summed E-state index contributed by atoms with van der Waals surface area (Å²) in [6.07, 6.45) is 2.13. The van der Waals surface area contributed by atoms with Crippen LogP contribution in [0.5, 0.6) is 0 Å². The van der Waals surface area contributed by atoms with E-state index in [0.717, 1.165) is 23.6 Å². The minimum absolute atomic E-state index is 0.0236. The molecule has 2 bridgehead atoms. The average molecular weight is 572 g/mol. The molecule has 2 unspecified atom stereocenters. The molecule has 1 spiro atoms. The number of hydrogen-bond acceptors (Lipinski definition) is 5. The summed E-state index contributed by atoms with van der Waals surface area (Å²) >= 11 is 1.64. The Labute approximate surface area is 245 Å². The predicted molar refractivity (Wildman–Crippen MR) is 164 cm³/mol. The smallest absolute Gasteiger partial charge is 0.248 e. The predicted octanol–water partition coefficient (Wildman–Crippen LogP) is 5.31. The number of para-hydroxylation sites is 1. The molecule has 0 saturated carbocycles. The fourth-order valence-electron chi connectivity index (χ4n) is 7.46. The topological polar surface area (TPSA) is 98.7 Å². The third-order valence-corrected chi connectivity index (χ3v) is 11.6. The van der Waals surface area contributed by atoms with Gasteiger partial charge in [0, 0.05) is 16.1 Å². The number of amides is 3. The molecule has 0 aliphatic carbocycles. The molecule has 8 heteroatoms. The van der Waals surface area contributed by atoms with Gasteiger partial charge in [0.15, 0.2) is 0 Å². The maximum absolute atomic E-state index is 14.5. The van der Waals surface area contributed by atoms with E-state index in [4.69, 9.17) is 0 Å². The maximum Gasteiger partial charge on any atom is 0.248 e. The van der Waals surface area contributed by atoms with Gasteiger partial charge in [-0.1, -0.05) is 68.8 Å². The summed E-state index contributed by atoms with van der Waals surface area (Å²) in [6.45, 7) is 5.85. The molecule has 7 atom stereocenters. The first kappa shape index (κ1) is 27.8. The molecule has 3 fully saturated rings. The third kappa shape index (κ3) is 4.43. The summed E-state index contributed by atoms with van der Waals surface area (Å²) in [5, 5.41) is 18.8. The van der Waals surface area contributed by atoms with Crippen LogP contribution in [0, 0.1) is 17.8 Å². The van der Waals surface area contributed by atoms with Crippen LogP contribution in [0.1, 0.15) is 40.0 Å². The minimum atomic E-state index is -0.807. The molecular formula is C33H37N3O4S. The second-order valence-electron chi connectivity index (χ2n) is 12.0. The lowest BCUT2D eigenvalue weighted by molar-refractivity contribution is -0.142. The second-order valence-corrected chi connectivity index (χ2v) is 13.9. The standard InChI is InChI=1S/C33H37N3O4S/c1-4-20(2)25(19-37)36-28(30(39)35-24-15-14-21-10-8-9-11-22(21)18-24)33-17-16-32(3,41-33)26(27(33)31(36)40)29(38)34-23-12-6-5-7-13-23/h5-15,18,20,25-28,37H,4,16-17,19H2,1-3H3,(H,34,38)(H,35,39)/t20-,25-,26-,27-,28?,32+,33?/m0/s1. The molecular weight excluding hydrogens is 534 g/mol. The van der Waals surface area contributed by atoms with Gasteiger partial charge in [-0.25, -0.2) is 0 Å². The fourth-order valence-corrected chi connectivity index (χ4v) is 9.80. The van der Waals surface area contributed by atoms with Gasteiger partial charge in [0.1, 0.15) is 6.04 Å². The van der Waals surface area contributed by atoms with Crippen LogP contribution < -0.4 is 10.6 Å². The average Bonchev–Trinajstić information content (AvgIpc) is 3.54. The number of rotatable bonds is 8. The van der Waals surface area contributed by atoms with Crippen molar-refractivity contribution in [2.45, 2.75) is 61.6 Å².